The molecule has 0 bridgehead atoms. The summed E-state index contributed by atoms with van der Waals surface area (Å²) in [5.41, 5.74) is 3.83. The van der Waals surface area contributed by atoms with E-state index >= 15 is 0 Å². The summed E-state index contributed by atoms with van der Waals surface area (Å²) < 4.78 is 12.4. The molecule has 4 aromatic rings. The Hall–Kier alpha value is -3.11. The van der Waals surface area contributed by atoms with Crippen LogP contribution in [-0.4, -0.2) is 12.5 Å². The van der Waals surface area contributed by atoms with Crippen molar-refractivity contribution in [3.63, 3.8) is 0 Å². The Labute approximate surface area is 163 Å². The summed E-state index contributed by atoms with van der Waals surface area (Å²) in [6.07, 6.45) is 0. The zero-order valence-corrected chi connectivity index (χ0v) is 16.0. The first-order valence-corrected chi connectivity index (χ1v) is 9.61. The fourth-order valence-corrected chi connectivity index (χ4v) is 4.41. The summed E-state index contributed by atoms with van der Waals surface area (Å²) in [7, 11) is 0. The number of carbonyl (C=O) groups is 1. The molecule has 0 saturated carbocycles. The lowest BCUT2D eigenvalue weighted by atomic mass is 9.95. The average Bonchev–Trinajstić information content (AvgIpc) is 3.06. The third-order valence-electron chi connectivity index (χ3n) is 5.57. The molecule has 4 heteroatoms. The Kier molecular flexibility index (Phi) is 3.95. The molecule has 0 spiro atoms. The summed E-state index contributed by atoms with van der Waals surface area (Å²) in [5.74, 6) is 1.60. The van der Waals surface area contributed by atoms with Crippen LogP contribution in [0.2, 0.25) is 0 Å². The van der Waals surface area contributed by atoms with Gasteiger partial charge in [-0.25, -0.2) is 0 Å². The number of ether oxygens (including phenoxy) is 1. The van der Waals surface area contributed by atoms with Crippen LogP contribution < -0.4 is 9.64 Å². The van der Waals surface area contributed by atoms with Crippen molar-refractivity contribution in [2.75, 3.05) is 6.73 Å². The number of aryl methyl sites for hydroxylation is 1. The monoisotopic (exact) mass is 372 g/mol. The normalized spacial score (nSPS) is 16.1. The minimum atomic E-state index is 0.0314. The fraction of sp³-hybridized carbons (Fsp3) is 0.208. The molecule has 1 aromatic heterocycles. The topological polar surface area (TPSA) is 43.9 Å². The van der Waals surface area contributed by atoms with E-state index in [4.69, 9.17) is 9.15 Å². The standard InChI is InChI=1S/C24H21NO3/c1-15(26)21-16(2)28-24-19-11-7-6-10-18(19)23-20(22(21)24)13-25(14-27-23)12-17-8-4-3-5-9-17/h3-11H,12-14H2,1-2H3/p+1. The quantitative estimate of drug-likeness (QED) is 0.552. The minimum Gasteiger partial charge on any atom is -0.460 e. The molecule has 1 unspecified atom stereocenters. The third-order valence-corrected chi connectivity index (χ3v) is 5.57. The average molecular weight is 372 g/mol. The van der Waals surface area contributed by atoms with E-state index in [1.807, 2.05) is 31.2 Å². The third kappa shape index (κ3) is 2.60. The summed E-state index contributed by atoms with van der Waals surface area (Å²) in [6.45, 7) is 5.75. The maximum Gasteiger partial charge on any atom is 0.223 e. The second kappa shape index (κ2) is 6.50. The van der Waals surface area contributed by atoms with Crippen LogP contribution in [0.25, 0.3) is 21.7 Å². The van der Waals surface area contributed by atoms with Crippen LogP contribution in [0.5, 0.6) is 5.75 Å². The van der Waals surface area contributed by atoms with Gasteiger partial charge in [-0.3, -0.25) is 9.69 Å². The van der Waals surface area contributed by atoms with Gasteiger partial charge in [0, 0.05) is 21.7 Å². The van der Waals surface area contributed by atoms with Crippen molar-refractivity contribution in [2.24, 2.45) is 0 Å². The molecule has 1 N–H and O–H groups in total. The van der Waals surface area contributed by atoms with Crippen LogP contribution in [0.4, 0.5) is 0 Å². The molecule has 28 heavy (non-hydrogen) atoms. The molecular formula is C24H22NO3+. The molecule has 1 atom stereocenters. The number of fused-ring (bicyclic) bond motifs is 6. The number of carbonyl (C=O) groups excluding carboxylic acids is 1. The first kappa shape index (κ1) is 17.0. The van der Waals surface area contributed by atoms with Crippen molar-refractivity contribution in [1.82, 2.24) is 0 Å². The van der Waals surface area contributed by atoms with E-state index in [9.17, 15) is 4.79 Å². The fourth-order valence-electron chi connectivity index (χ4n) is 4.41. The zero-order chi connectivity index (χ0) is 19.3. The van der Waals surface area contributed by atoms with E-state index in [0.29, 0.717) is 18.1 Å². The van der Waals surface area contributed by atoms with Gasteiger partial charge in [-0.05, 0) is 13.8 Å². The number of quaternary nitrogens is 1. The van der Waals surface area contributed by atoms with Crippen molar-refractivity contribution >= 4 is 27.5 Å². The highest BCUT2D eigenvalue weighted by atomic mass is 16.5. The van der Waals surface area contributed by atoms with E-state index in [0.717, 1.165) is 46.1 Å². The van der Waals surface area contributed by atoms with Crippen molar-refractivity contribution in [3.8, 4) is 5.75 Å². The number of ketones is 1. The number of rotatable bonds is 3. The lowest BCUT2D eigenvalue weighted by molar-refractivity contribution is -0.945. The van der Waals surface area contributed by atoms with Crippen LogP contribution in [0.1, 0.15) is 34.2 Å². The SMILES string of the molecule is CC(=O)c1c(C)oc2c1c1c(c3ccccc32)OC[NH+](Cc2ccccc2)C1. The summed E-state index contributed by atoms with van der Waals surface area (Å²) in [6, 6.07) is 18.6. The predicted octanol–water partition coefficient (Wildman–Crippen LogP) is 4.03. The molecule has 0 radical (unpaired) electrons. The summed E-state index contributed by atoms with van der Waals surface area (Å²) in [5, 5.41) is 2.97. The van der Waals surface area contributed by atoms with E-state index in [1.165, 1.54) is 10.5 Å². The number of benzene rings is 3. The van der Waals surface area contributed by atoms with E-state index in [1.54, 1.807) is 6.92 Å². The molecule has 0 fully saturated rings. The Morgan fingerprint density at radius 2 is 1.75 bits per heavy atom. The van der Waals surface area contributed by atoms with Gasteiger partial charge in [0.1, 0.15) is 30.2 Å². The summed E-state index contributed by atoms with van der Waals surface area (Å²) >= 11 is 0. The van der Waals surface area contributed by atoms with E-state index in [2.05, 4.69) is 30.3 Å². The Morgan fingerprint density at radius 1 is 1.04 bits per heavy atom. The Bertz CT molecular complexity index is 1210. The van der Waals surface area contributed by atoms with Gasteiger partial charge in [0.05, 0.1) is 11.1 Å². The molecule has 5 rings (SSSR count). The van der Waals surface area contributed by atoms with Crippen LogP contribution >= 0.6 is 0 Å². The second-order valence-corrected chi connectivity index (χ2v) is 7.52. The number of hydrogen-bond acceptors (Lipinski definition) is 3. The van der Waals surface area contributed by atoms with Gasteiger partial charge < -0.3 is 9.15 Å². The minimum absolute atomic E-state index is 0.0314. The van der Waals surface area contributed by atoms with Crippen LogP contribution in [0.3, 0.4) is 0 Å². The van der Waals surface area contributed by atoms with Gasteiger partial charge in [-0.2, -0.15) is 0 Å². The van der Waals surface area contributed by atoms with Crippen LogP contribution in [-0.2, 0) is 13.1 Å². The molecule has 0 amide bonds. The van der Waals surface area contributed by atoms with Gasteiger partial charge in [-0.1, -0.05) is 54.6 Å². The highest BCUT2D eigenvalue weighted by Crippen LogP contribution is 2.42. The van der Waals surface area contributed by atoms with Crippen molar-refractivity contribution in [2.45, 2.75) is 26.9 Å². The maximum atomic E-state index is 12.4. The summed E-state index contributed by atoms with van der Waals surface area (Å²) in [4.78, 5) is 13.7. The predicted molar refractivity (Wildman–Crippen MR) is 109 cm³/mol. The smallest absolute Gasteiger partial charge is 0.223 e. The highest BCUT2D eigenvalue weighted by molar-refractivity contribution is 6.17. The number of furan rings is 1. The number of Topliss-reactive ketones (excluding diaryl/α,β-unsaturated/α-hetero) is 1. The van der Waals surface area contributed by atoms with Crippen LogP contribution in [0.15, 0.2) is 59.0 Å². The van der Waals surface area contributed by atoms with Crippen LogP contribution in [0, 0.1) is 6.92 Å². The molecular weight excluding hydrogens is 350 g/mol. The maximum absolute atomic E-state index is 12.4. The van der Waals surface area contributed by atoms with Gasteiger partial charge in [0.15, 0.2) is 5.78 Å². The van der Waals surface area contributed by atoms with Crippen molar-refractivity contribution in [1.29, 1.82) is 0 Å². The molecule has 0 aliphatic carbocycles. The number of nitrogens with one attached hydrogen (secondary N) is 1. The molecule has 3 aromatic carbocycles. The van der Waals surface area contributed by atoms with Gasteiger partial charge in [0.25, 0.3) is 0 Å². The Balaban J connectivity index is 1.71. The molecule has 140 valence electrons. The lowest BCUT2D eigenvalue weighted by Crippen LogP contribution is -3.10. The number of hydrogen-bond donors (Lipinski definition) is 1. The van der Waals surface area contributed by atoms with E-state index < -0.39 is 0 Å². The van der Waals surface area contributed by atoms with Gasteiger partial charge in [-0.15, -0.1) is 0 Å². The second-order valence-electron chi connectivity index (χ2n) is 7.52. The van der Waals surface area contributed by atoms with Crippen molar-refractivity contribution in [3.05, 3.63) is 77.0 Å². The largest absolute Gasteiger partial charge is 0.460 e. The molecule has 4 nitrogen and oxygen atoms in total. The zero-order valence-electron chi connectivity index (χ0n) is 16.0. The Morgan fingerprint density at radius 3 is 2.50 bits per heavy atom. The highest BCUT2D eigenvalue weighted by Gasteiger charge is 2.30. The van der Waals surface area contributed by atoms with Gasteiger partial charge in [0.2, 0.25) is 6.73 Å². The first-order chi connectivity index (χ1) is 13.6. The van der Waals surface area contributed by atoms with Crippen molar-refractivity contribution < 1.29 is 18.8 Å². The molecule has 2 heterocycles. The first-order valence-electron chi connectivity index (χ1n) is 9.61. The molecule has 0 saturated heterocycles. The lowest BCUT2D eigenvalue weighted by Gasteiger charge is -2.28. The van der Waals surface area contributed by atoms with Gasteiger partial charge >= 0.3 is 0 Å². The van der Waals surface area contributed by atoms with E-state index in [-0.39, 0.29) is 5.78 Å². The molecule has 1 aliphatic heterocycles. The molecule has 1 aliphatic rings.